The minimum absolute atomic E-state index is 0.100. The fourth-order valence-corrected chi connectivity index (χ4v) is 4.27. The Bertz CT molecular complexity index is 997. The Morgan fingerprint density at radius 1 is 1.04 bits per heavy atom. The van der Waals surface area contributed by atoms with Gasteiger partial charge in [-0.1, -0.05) is 48.0 Å². The Morgan fingerprint density at radius 3 is 2.39 bits per heavy atom. The van der Waals surface area contributed by atoms with E-state index in [1.54, 1.807) is 36.4 Å². The van der Waals surface area contributed by atoms with E-state index in [4.69, 9.17) is 9.15 Å². The Morgan fingerprint density at radius 2 is 1.75 bits per heavy atom. The van der Waals surface area contributed by atoms with Gasteiger partial charge in [-0.15, -0.1) is 0 Å². The van der Waals surface area contributed by atoms with Crippen LogP contribution in [0.25, 0.3) is 0 Å². The molecule has 1 atom stereocenters. The van der Waals surface area contributed by atoms with Crippen LogP contribution < -0.4 is 5.32 Å². The highest BCUT2D eigenvalue weighted by Crippen LogP contribution is 2.29. The SMILES string of the molecule is Cc1ccc(S(=O)(=O)[C@@H](CNC(=O)OCc2ccccc2)c2ccco2)cc1. The van der Waals surface area contributed by atoms with Gasteiger partial charge in [0.15, 0.2) is 9.84 Å². The number of hydrogen-bond acceptors (Lipinski definition) is 5. The number of carbonyl (C=O) groups excluding carboxylic acids is 1. The molecule has 0 bridgehead atoms. The first kappa shape index (κ1) is 19.7. The van der Waals surface area contributed by atoms with Crippen molar-refractivity contribution in [2.45, 2.75) is 23.7 Å². The molecule has 0 fully saturated rings. The molecular weight excluding hydrogens is 378 g/mol. The summed E-state index contributed by atoms with van der Waals surface area (Å²) in [4.78, 5) is 12.2. The second-order valence-corrected chi connectivity index (χ2v) is 8.44. The quantitative estimate of drug-likeness (QED) is 0.648. The molecule has 7 heteroatoms. The molecule has 0 saturated heterocycles. The number of amides is 1. The van der Waals surface area contributed by atoms with Crippen LogP contribution in [0.5, 0.6) is 0 Å². The summed E-state index contributed by atoms with van der Waals surface area (Å²) in [5.74, 6) is 0.254. The maximum atomic E-state index is 13.1. The van der Waals surface area contributed by atoms with E-state index in [0.717, 1.165) is 11.1 Å². The average Bonchev–Trinajstić information content (AvgIpc) is 3.22. The summed E-state index contributed by atoms with van der Waals surface area (Å²) in [7, 11) is -3.77. The monoisotopic (exact) mass is 399 g/mol. The lowest BCUT2D eigenvalue weighted by Crippen LogP contribution is -2.32. The molecule has 1 N–H and O–H groups in total. The standard InChI is InChI=1S/C21H21NO5S/c1-16-9-11-18(12-10-16)28(24,25)20(19-8-5-13-26-19)14-22-21(23)27-15-17-6-3-2-4-7-17/h2-13,20H,14-15H2,1H3,(H,22,23)/t20-/m0/s1. The van der Waals surface area contributed by atoms with Crippen molar-refractivity contribution in [2.24, 2.45) is 0 Å². The summed E-state index contributed by atoms with van der Waals surface area (Å²) in [5, 5.41) is 1.47. The van der Waals surface area contributed by atoms with Gasteiger partial charge in [0.05, 0.1) is 11.2 Å². The van der Waals surface area contributed by atoms with Crippen molar-refractivity contribution in [3.63, 3.8) is 0 Å². The number of nitrogens with one attached hydrogen (secondary N) is 1. The summed E-state index contributed by atoms with van der Waals surface area (Å²) in [5.41, 5.74) is 1.80. The third kappa shape index (κ3) is 4.80. The van der Waals surface area contributed by atoms with Gasteiger partial charge in [-0.05, 0) is 36.8 Å². The van der Waals surface area contributed by atoms with Gasteiger partial charge in [-0.2, -0.15) is 0 Å². The van der Waals surface area contributed by atoms with E-state index < -0.39 is 21.2 Å². The molecule has 0 saturated carbocycles. The second kappa shape index (κ2) is 8.75. The molecule has 2 aromatic carbocycles. The predicted molar refractivity (Wildman–Crippen MR) is 104 cm³/mol. The summed E-state index contributed by atoms with van der Waals surface area (Å²) in [6.45, 7) is 1.81. The number of aryl methyl sites for hydroxylation is 1. The van der Waals surface area contributed by atoms with Crippen LogP contribution in [0.15, 0.2) is 82.3 Å². The number of rotatable bonds is 7. The number of sulfone groups is 1. The molecule has 0 spiro atoms. The first-order valence-electron chi connectivity index (χ1n) is 8.75. The van der Waals surface area contributed by atoms with Gasteiger partial charge in [-0.25, -0.2) is 13.2 Å². The maximum absolute atomic E-state index is 13.1. The molecule has 0 aliphatic rings. The summed E-state index contributed by atoms with van der Waals surface area (Å²) < 4.78 is 36.6. The lowest BCUT2D eigenvalue weighted by atomic mass is 10.2. The second-order valence-electron chi connectivity index (χ2n) is 6.30. The van der Waals surface area contributed by atoms with E-state index in [9.17, 15) is 13.2 Å². The predicted octanol–water partition coefficient (Wildman–Crippen LogP) is 4.03. The lowest BCUT2D eigenvalue weighted by Gasteiger charge is -2.17. The highest BCUT2D eigenvalue weighted by atomic mass is 32.2. The Balaban J connectivity index is 1.71. The summed E-state index contributed by atoms with van der Waals surface area (Å²) in [6.07, 6.45) is 0.709. The molecule has 28 heavy (non-hydrogen) atoms. The lowest BCUT2D eigenvalue weighted by molar-refractivity contribution is 0.139. The highest BCUT2D eigenvalue weighted by Gasteiger charge is 2.32. The van der Waals surface area contributed by atoms with Gasteiger partial charge < -0.3 is 14.5 Å². The van der Waals surface area contributed by atoms with Crippen molar-refractivity contribution in [1.82, 2.24) is 5.32 Å². The molecule has 1 amide bonds. The van der Waals surface area contributed by atoms with Gasteiger partial charge in [0.25, 0.3) is 0 Å². The smallest absolute Gasteiger partial charge is 0.407 e. The zero-order valence-electron chi connectivity index (χ0n) is 15.4. The molecule has 146 valence electrons. The molecule has 6 nitrogen and oxygen atoms in total. The van der Waals surface area contributed by atoms with Crippen LogP contribution in [0.2, 0.25) is 0 Å². The van der Waals surface area contributed by atoms with E-state index >= 15 is 0 Å². The Kier molecular flexibility index (Phi) is 6.16. The van der Waals surface area contributed by atoms with Gasteiger partial charge in [0.2, 0.25) is 0 Å². The summed E-state index contributed by atoms with van der Waals surface area (Å²) in [6, 6.07) is 19.0. The first-order valence-corrected chi connectivity index (χ1v) is 10.3. The minimum Gasteiger partial charge on any atom is -0.468 e. The molecule has 0 aliphatic heterocycles. The van der Waals surface area contributed by atoms with Crippen molar-refractivity contribution >= 4 is 15.9 Å². The molecular formula is C21H21NO5S. The zero-order valence-corrected chi connectivity index (χ0v) is 16.2. The van der Waals surface area contributed by atoms with E-state index in [1.165, 1.54) is 6.26 Å². The first-order chi connectivity index (χ1) is 13.5. The van der Waals surface area contributed by atoms with Crippen molar-refractivity contribution < 1.29 is 22.4 Å². The minimum atomic E-state index is -3.77. The van der Waals surface area contributed by atoms with Crippen molar-refractivity contribution in [3.8, 4) is 0 Å². The van der Waals surface area contributed by atoms with Gasteiger partial charge in [0.1, 0.15) is 17.6 Å². The number of benzene rings is 2. The van der Waals surface area contributed by atoms with E-state index in [2.05, 4.69) is 5.32 Å². The fraction of sp³-hybridized carbons (Fsp3) is 0.190. The van der Waals surface area contributed by atoms with E-state index in [0.29, 0.717) is 0 Å². The molecule has 3 rings (SSSR count). The average molecular weight is 399 g/mol. The summed E-state index contributed by atoms with van der Waals surface area (Å²) >= 11 is 0. The normalized spacial score (nSPS) is 12.3. The number of alkyl carbamates (subject to hydrolysis) is 1. The molecule has 0 aliphatic carbocycles. The van der Waals surface area contributed by atoms with Gasteiger partial charge in [-0.3, -0.25) is 0 Å². The molecule has 1 heterocycles. The van der Waals surface area contributed by atoms with E-state index in [-0.39, 0.29) is 23.8 Å². The molecule has 0 radical (unpaired) electrons. The fourth-order valence-electron chi connectivity index (χ4n) is 2.68. The van der Waals surface area contributed by atoms with Gasteiger partial charge in [0, 0.05) is 6.54 Å². The van der Waals surface area contributed by atoms with Crippen LogP contribution in [0.4, 0.5) is 4.79 Å². The van der Waals surface area contributed by atoms with E-state index in [1.807, 2.05) is 37.3 Å². The number of ether oxygens (including phenoxy) is 1. The van der Waals surface area contributed by atoms with Crippen LogP contribution >= 0.6 is 0 Å². The molecule has 0 unspecified atom stereocenters. The molecule has 1 aromatic heterocycles. The largest absolute Gasteiger partial charge is 0.468 e. The van der Waals surface area contributed by atoms with Crippen molar-refractivity contribution in [1.29, 1.82) is 0 Å². The number of carbonyl (C=O) groups is 1. The Labute approximate surface area is 164 Å². The maximum Gasteiger partial charge on any atom is 0.407 e. The van der Waals surface area contributed by atoms with Crippen LogP contribution in [-0.2, 0) is 21.2 Å². The number of furan rings is 1. The van der Waals surface area contributed by atoms with Gasteiger partial charge >= 0.3 is 6.09 Å². The molecule has 3 aromatic rings. The van der Waals surface area contributed by atoms with Crippen LogP contribution in [0.1, 0.15) is 22.1 Å². The number of hydrogen-bond donors (Lipinski definition) is 1. The third-order valence-electron chi connectivity index (χ3n) is 4.23. The Hall–Kier alpha value is -3.06. The van der Waals surface area contributed by atoms with Crippen LogP contribution in [0.3, 0.4) is 0 Å². The third-order valence-corrected chi connectivity index (χ3v) is 6.31. The van der Waals surface area contributed by atoms with Crippen molar-refractivity contribution in [3.05, 3.63) is 89.9 Å². The van der Waals surface area contributed by atoms with Crippen molar-refractivity contribution in [2.75, 3.05) is 6.54 Å². The van der Waals surface area contributed by atoms with Crippen LogP contribution in [-0.4, -0.2) is 21.1 Å². The highest BCUT2D eigenvalue weighted by molar-refractivity contribution is 7.91. The zero-order chi connectivity index (χ0) is 20.0. The topological polar surface area (TPSA) is 85.6 Å². The van der Waals surface area contributed by atoms with Crippen LogP contribution in [0, 0.1) is 6.92 Å².